The van der Waals surface area contributed by atoms with Crippen molar-refractivity contribution in [2.45, 2.75) is 24.5 Å². The molecule has 3 heterocycles. The van der Waals surface area contributed by atoms with Crippen molar-refractivity contribution in [2.75, 3.05) is 6.61 Å². The Kier molecular flexibility index (Phi) is 2.82. The van der Waals surface area contributed by atoms with Crippen LogP contribution in [0.15, 0.2) is 17.4 Å². The predicted molar refractivity (Wildman–Crippen MR) is 63.1 cm³/mol. The van der Waals surface area contributed by atoms with Crippen molar-refractivity contribution in [3.63, 3.8) is 0 Å². The maximum absolute atomic E-state index is 11.5. The van der Waals surface area contributed by atoms with E-state index in [9.17, 15) is 9.90 Å². The van der Waals surface area contributed by atoms with Crippen LogP contribution >= 0.6 is 0 Å². The Morgan fingerprint density at radius 2 is 2.32 bits per heavy atom. The number of nitrogens with one attached hydrogen (secondary N) is 1. The van der Waals surface area contributed by atoms with Crippen LogP contribution in [-0.2, 0) is 4.74 Å². The summed E-state index contributed by atoms with van der Waals surface area (Å²) in [5.74, 6) is 0. The molecule has 19 heavy (non-hydrogen) atoms. The van der Waals surface area contributed by atoms with Crippen molar-refractivity contribution in [3.8, 4) is 0 Å². The lowest BCUT2D eigenvalue weighted by atomic mass is 10.1. The van der Waals surface area contributed by atoms with Crippen molar-refractivity contribution in [1.29, 1.82) is 0 Å². The van der Waals surface area contributed by atoms with E-state index in [1.54, 1.807) is 0 Å². The Morgan fingerprint density at radius 1 is 1.53 bits per heavy atom. The molecule has 2 aromatic heterocycles. The number of H-pyrrole nitrogens is 1. The first-order valence-electron chi connectivity index (χ1n) is 5.73. The summed E-state index contributed by atoms with van der Waals surface area (Å²) in [4.78, 5) is 21.9. The van der Waals surface area contributed by atoms with Crippen LogP contribution in [0.1, 0.15) is 6.23 Å². The minimum absolute atomic E-state index is 0.167. The van der Waals surface area contributed by atoms with Gasteiger partial charge in [0.1, 0.15) is 12.2 Å². The Morgan fingerprint density at radius 3 is 3.00 bits per heavy atom. The predicted octanol–water partition coefficient (Wildman–Crippen LogP) is -2.30. The van der Waals surface area contributed by atoms with Gasteiger partial charge in [0.25, 0.3) is 5.56 Å². The first kappa shape index (κ1) is 12.2. The molecule has 0 amide bonds. The lowest BCUT2D eigenvalue weighted by molar-refractivity contribution is -0.0437. The third-order valence-corrected chi connectivity index (χ3v) is 3.24. The molecule has 1 saturated heterocycles. The molecule has 5 N–H and O–H groups in total. The van der Waals surface area contributed by atoms with Crippen LogP contribution in [0, 0.1) is 0 Å². The number of ether oxygens (including phenoxy) is 1. The fraction of sp³-hybridized carbons (Fsp3) is 0.500. The molecule has 0 bridgehead atoms. The van der Waals surface area contributed by atoms with Crippen LogP contribution in [0.3, 0.4) is 0 Å². The van der Waals surface area contributed by atoms with Gasteiger partial charge in [-0.15, -0.1) is 0 Å². The Balaban J connectivity index is 2.06. The molecule has 0 spiro atoms. The summed E-state index contributed by atoms with van der Waals surface area (Å²) in [6.07, 6.45) is 0.146. The van der Waals surface area contributed by atoms with Crippen LogP contribution in [-0.4, -0.2) is 54.6 Å². The highest BCUT2D eigenvalue weighted by molar-refractivity contribution is 5.68. The van der Waals surface area contributed by atoms with E-state index in [2.05, 4.69) is 15.0 Å². The second-order valence-electron chi connectivity index (χ2n) is 4.37. The van der Waals surface area contributed by atoms with Gasteiger partial charge in [0.15, 0.2) is 17.4 Å². The van der Waals surface area contributed by atoms with Gasteiger partial charge < -0.3 is 25.7 Å². The molecule has 9 nitrogen and oxygen atoms in total. The van der Waals surface area contributed by atoms with E-state index in [-0.39, 0.29) is 17.7 Å². The molecule has 4 atom stereocenters. The molecule has 0 aromatic carbocycles. The average molecular weight is 267 g/mol. The van der Waals surface area contributed by atoms with Gasteiger partial charge >= 0.3 is 0 Å². The van der Waals surface area contributed by atoms with Crippen molar-refractivity contribution >= 4 is 11.2 Å². The van der Waals surface area contributed by atoms with Crippen LogP contribution in [0.4, 0.5) is 0 Å². The van der Waals surface area contributed by atoms with Crippen molar-refractivity contribution < 1.29 is 14.9 Å². The summed E-state index contributed by atoms with van der Waals surface area (Å²) in [5.41, 5.74) is 5.98. The SMILES string of the molecule is N[C@@H]1[C@H](O)[C@@H](CO)O[C@@H]1n1cnc2c(=O)[nH]cnc21. The number of hydrogen-bond donors (Lipinski definition) is 4. The summed E-state index contributed by atoms with van der Waals surface area (Å²) < 4.78 is 6.95. The monoisotopic (exact) mass is 267 g/mol. The smallest absolute Gasteiger partial charge is 0.278 e. The van der Waals surface area contributed by atoms with Gasteiger partial charge in [0.2, 0.25) is 0 Å². The van der Waals surface area contributed by atoms with Crippen LogP contribution in [0.5, 0.6) is 0 Å². The zero-order chi connectivity index (χ0) is 13.6. The highest BCUT2D eigenvalue weighted by Crippen LogP contribution is 2.29. The molecule has 0 saturated carbocycles. The number of aliphatic hydroxyl groups is 2. The molecular formula is C10H13N5O4. The topological polar surface area (TPSA) is 139 Å². The normalized spacial score (nSPS) is 31.1. The molecule has 102 valence electrons. The first-order valence-corrected chi connectivity index (χ1v) is 5.73. The van der Waals surface area contributed by atoms with Gasteiger partial charge in [0.05, 0.1) is 25.3 Å². The largest absolute Gasteiger partial charge is 0.394 e. The molecular weight excluding hydrogens is 254 g/mol. The molecule has 2 aromatic rings. The zero-order valence-corrected chi connectivity index (χ0v) is 9.80. The molecule has 9 heteroatoms. The number of fused-ring (bicyclic) bond motifs is 1. The number of aromatic amines is 1. The van der Waals surface area contributed by atoms with Crippen molar-refractivity contribution in [2.24, 2.45) is 5.73 Å². The van der Waals surface area contributed by atoms with Gasteiger partial charge in [-0.2, -0.15) is 0 Å². The van der Waals surface area contributed by atoms with E-state index in [1.807, 2.05) is 0 Å². The maximum atomic E-state index is 11.5. The summed E-state index contributed by atoms with van der Waals surface area (Å²) in [5, 5.41) is 18.9. The van der Waals surface area contributed by atoms with Gasteiger partial charge in [-0.05, 0) is 0 Å². The molecule has 0 aliphatic carbocycles. The number of imidazole rings is 1. The molecule has 1 aliphatic rings. The van der Waals surface area contributed by atoms with E-state index >= 15 is 0 Å². The highest BCUT2D eigenvalue weighted by atomic mass is 16.5. The van der Waals surface area contributed by atoms with Gasteiger partial charge in [-0.25, -0.2) is 9.97 Å². The fourth-order valence-electron chi connectivity index (χ4n) is 2.22. The fourth-order valence-corrected chi connectivity index (χ4v) is 2.22. The summed E-state index contributed by atoms with van der Waals surface area (Å²) in [6.45, 7) is -0.341. The lowest BCUT2D eigenvalue weighted by Crippen LogP contribution is -2.39. The van der Waals surface area contributed by atoms with E-state index in [4.69, 9.17) is 15.6 Å². The second-order valence-corrected chi connectivity index (χ2v) is 4.37. The van der Waals surface area contributed by atoms with E-state index in [0.717, 1.165) is 0 Å². The van der Waals surface area contributed by atoms with Crippen LogP contribution in [0.25, 0.3) is 11.2 Å². The Hall–Kier alpha value is -1.81. The number of aromatic nitrogens is 4. The Bertz CT molecular complexity index is 653. The van der Waals surface area contributed by atoms with E-state index < -0.39 is 24.5 Å². The van der Waals surface area contributed by atoms with E-state index in [1.165, 1.54) is 17.2 Å². The summed E-state index contributed by atoms with van der Waals surface area (Å²) >= 11 is 0. The number of aliphatic hydroxyl groups excluding tert-OH is 2. The number of rotatable bonds is 2. The number of nitrogens with zero attached hydrogens (tertiary/aromatic N) is 3. The first-order chi connectivity index (χ1) is 9.13. The van der Waals surface area contributed by atoms with Gasteiger partial charge in [-0.3, -0.25) is 9.36 Å². The minimum Gasteiger partial charge on any atom is -0.394 e. The van der Waals surface area contributed by atoms with Crippen molar-refractivity contribution in [3.05, 3.63) is 23.0 Å². The quantitative estimate of drug-likeness (QED) is 0.479. The third kappa shape index (κ3) is 1.75. The number of hydrogen-bond acceptors (Lipinski definition) is 7. The van der Waals surface area contributed by atoms with Gasteiger partial charge in [0, 0.05) is 0 Å². The zero-order valence-electron chi connectivity index (χ0n) is 9.80. The number of nitrogens with two attached hydrogens (primary N) is 1. The van der Waals surface area contributed by atoms with Crippen molar-refractivity contribution in [1.82, 2.24) is 19.5 Å². The molecule has 0 unspecified atom stereocenters. The maximum Gasteiger partial charge on any atom is 0.278 e. The minimum atomic E-state index is -0.991. The van der Waals surface area contributed by atoms with Crippen LogP contribution in [0.2, 0.25) is 0 Å². The third-order valence-electron chi connectivity index (χ3n) is 3.24. The Labute approximate surface area is 106 Å². The van der Waals surface area contributed by atoms with Crippen LogP contribution < -0.4 is 11.3 Å². The van der Waals surface area contributed by atoms with Gasteiger partial charge in [-0.1, -0.05) is 0 Å². The lowest BCUT2D eigenvalue weighted by Gasteiger charge is -2.17. The average Bonchev–Trinajstić information content (AvgIpc) is 2.94. The molecule has 3 rings (SSSR count). The van der Waals surface area contributed by atoms with E-state index in [0.29, 0.717) is 5.65 Å². The molecule has 0 radical (unpaired) electrons. The molecule has 1 aliphatic heterocycles. The second kappa shape index (κ2) is 4.38. The summed E-state index contributed by atoms with van der Waals surface area (Å²) in [7, 11) is 0. The standard InChI is InChI=1S/C10H13N5O4/c11-5-7(17)4(1-16)19-10(5)15-3-14-6-8(15)12-2-13-9(6)18/h2-5,7,10,16-17H,1,11H2,(H,12,13,18)/t4-,5-,7-,10+/m1/s1. The summed E-state index contributed by atoms with van der Waals surface area (Å²) in [6, 6.07) is -0.740. The highest BCUT2D eigenvalue weighted by Gasteiger charge is 2.42. The molecule has 1 fully saturated rings.